The third-order valence-electron chi connectivity index (χ3n) is 7.55. The normalized spacial score (nSPS) is 19.3. The van der Waals surface area contributed by atoms with E-state index in [0.29, 0.717) is 55.0 Å². The zero-order chi connectivity index (χ0) is 29.7. The molecule has 2 atom stereocenters. The summed E-state index contributed by atoms with van der Waals surface area (Å²) in [4.78, 5) is 64.5. The molecule has 0 unspecified atom stereocenters. The third kappa shape index (κ3) is 7.17. The van der Waals surface area contributed by atoms with Crippen LogP contribution in [0.25, 0.3) is 10.9 Å². The van der Waals surface area contributed by atoms with Gasteiger partial charge in [0.25, 0.3) is 5.56 Å². The molecule has 0 bridgehead atoms. The number of rotatable bonds is 5. The number of nitrogens with zero attached hydrogens (tertiary/aromatic N) is 7. The maximum atomic E-state index is 13.4. The molecular formula is C29H40N8O4. The van der Waals surface area contributed by atoms with Gasteiger partial charge in [0.1, 0.15) is 17.7 Å². The summed E-state index contributed by atoms with van der Waals surface area (Å²) in [5, 5.41) is 8.17. The van der Waals surface area contributed by atoms with Gasteiger partial charge in [0.05, 0.1) is 29.8 Å². The molecule has 12 nitrogen and oxygen atoms in total. The number of hydrogen-bond acceptors (Lipinski definition) is 7. The van der Waals surface area contributed by atoms with Gasteiger partial charge in [0.15, 0.2) is 0 Å². The van der Waals surface area contributed by atoms with Crippen LogP contribution >= 0.6 is 0 Å². The fourth-order valence-corrected chi connectivity index (χ4v) is 5.09. The number of fused-ring (bicyclic) bond motifs is 2. The number of likely N-dealkylation sites (N-methyl/N-ethyl adjacent to an activating group) is 1. The highest BCUT2D eigenvalue weighted by molar-refractivity contribution is 5.87. The van der Waals surface area contributed by atoms with Gasteiger partial charge in [-0.3, -0.25) is 23.7 Å². The highest BCUT2D eigenvalue weighted by Crippen LogP contribution is 2.21. The van der Waals surface area contributed by atoms with Crippen molar-refractivity contribution in [3.63, 3.8) is 0 Å². The maximum Gasteiger partial charge on any atom is 0.261 e. The van der Waals surface area contributed by atoms with E-state index >= 15 is 0 Å². The lowest BCUT2D eigenvalue weighted by molar-refractivity contribution is -0.139. The largest absolute Gasteiger partial charge is 0.344 e. The van der Waals surface area contributed by atoms with Crippen molar-refractivity contribution in [1.82, 2.24) is 39.4 Å². The first kappa shape index (κ1) is 29.9. The quantitative estimate of drug-likeness (QED) is 0.501. The second-order valence-corrected chi connectivity index (χ2v) is 11.1. The lowest BCUT2D eigenvalue weighted by atomic mass is 10.0. The Balaban J connectivity index is 1.57. The third-order valence-corrected chi connectivity index (χ3v) is 7.55. The Kier molecular flexibility index (Phi) is 9.51. The summed E-state index contributed by atoms with van der Waals surface area (Å²) < 4.78 is 3.23. The van der Waals surface area contributed by atoms with Crippen molar-refractivity contribution in [2.45, 2.75) is 78.6 Å². The summed E-state index contributed by atoms with van der Waals surface area (Å²) in [6.07, 6.45) is 2.88. The highest BCUT2D eigenvalue weighted by Gasteiger charge is 2.29. The molecule has 1 aliphatic rings. The van der Waals surface area contributed by atoms with Gasteiger partial charge in [0, 0.05) is 39.5 Å². The number of para-hydroxylation sites is 1. The summed E-state index contributed by atoms with van der Waals surface area (Å²) in [6, 6.07) is 6.07. The molecule has 3 amide bonds. The molecule has 4 rings (SSSR count). The Hall–Kier alpha value is -4.09. The van der Waals surface area contributed by atoms with Crippen LogP contribution in [0, 0.1) is 12.8 Å². The van der Waals surface area contributed by atoms with Crippen molar-refractivity contribution in [3.8, 4) is 0 Å². The Morgan fingerprint density at radius 2 is 1.88 bits per heavy atom. The van der Waals surface area contributed by atoms with Crippen LogP contribution in [0.1, 0.15) is 64.1 Å². The number of hydrogen-bond donors (Lipinski definition) is 1. The molecule has 0 saturated heterocycles. The second-order valence-electron chi connectivity index (χ2n) is 11.1. The summed E-state index contributed by atoms with van der Waals surface area (Å²) in [5.41, 5.74) is 0.429. The van der Waals surface area contributed by atoms with E-state index < -0.39 is 12.1 Å². The number of carbonyl (C=O) groups is 3. The SMILES string of the molecule is Cc1nc2n(n1)CCN(C(=O)CCn1cnc3ccccc3c1=O)CCCC(=O)N(C)[C@@H](C)C(=O)N[C@@H]2CC(C)C. The molecule has 41 heavy (non-hydrogen) atoms. The molecule has 220 valence electrons. The van der Waals surface area contributed by atoms with Crippen LogP contribution in [-0.4, -0.2) is 78.0 Å². The molecule has 0 spiro atoms. The van der Waals surface area contributed by atoms with E-state index in [0.717, 1.165) is 0 Å². The van der Waals surface area contributed by atoms with Gasteiger partial charge in [-0.15, -0.1) is 0 Å². The minimum absolute atomic E-state index is 0.111. The van der Waals surface area contributed by atoms with Crippen molar-refractivity contribution in [1.29, 1.82) is 0 Å². The minimum Gasteiger partial charge on any atom is -0.344 e. The lowest BCUT2D eigenvalue weighted by Gasteiger charge is -2.29. The zero-order valence-electron chi connectivity index (χ0n) is 24.5. The summed E-state index contributed by atoms with van der Waals surface area (Å²) >= 11 is 0. The predicted octanol–water partition coefficient (Wildman–Crippen LogP) is 2.06. The molecule has 1 N–H and O–H groups in total. The predicted molar refractivity (Wildman–Crippen MR) is 154 cm³/mol. The van der Waals surface area contributed by atoms with Crippen molar-refractivity contribution in [2.24, 2.45) is 5.92 Å². The lowest BCUT2D eigenvalue weighted by Crippen LogP contribution is -2.47. The van der Waals surface area contributed by atoms with Crippen LogP contribution in [-0.2, 0) is 27.5 Å². The Morgan fingerprint density at radius 3 is 2.63 bits per heavy atom. The van der Waals surface area contributed by atoms with E-state index in [4.69, 9.17) is 0 Å². The zero-order valence-corrected chi connectivity index (χ0v) is 24.5. The van der Waals surface area contributed by atoms with E-state index in [-0.39, 0.29) is 48.6 Å². The van der Waals surface area contributed by atoms with E-state index in [1.54, 1.807) is 48.7 Å². The molecule has 12 heteroatoms. The molecule has 3 heterocycles. The van der Waals surface area contributed by atoms with Gasteiger partial charge >= 0.3 is 0 Å². The summed E-state index contributed by atoms with van der Waals surface area (Å²) in [5.74, 6) is 0.941. The van der Waals surface area contributed by atoms with Crippen LogP contribution in [0.4, 0.5) is 0 Å². The summed E-state index contributed by atoms with van der Waals surface area (Å²) in [6.45, 7) is 8.94. The fourth-order valence-electron chi connectivity index (χ4n) is 5.09. The first-order valence-corrected chi connectivity index (χ1v) is 14.2. The van der Waals surface area contributed by atoms with Crippen LogP contribution in [0.15, 0.2) is 35.4 Å². The molecule has 3 aromatic rings. The molecule has 0 radical (unpaired) electrons. The maximum absolute atomic E-state index is 13.4. The van der Waals surface area contributed by atoms with Gasteiger partial charge in [-0.05, 0) is 44.7 Å². The van der Waals surface area contributed by atoms with E-state index in [2.05, 4.69) is 34.2 Å². The minimum atomic E-state index is -0.663. The molecule has 0 saturated carbocycles. The number of carbonyl (C=O) groups excluding carboxylic acids is 3. The number of aryl methyl sites for hydroxylation is 2. The highest BCUT2D eigenvalue weighted by atomic mass is 16.2. The molecule has 1 aliphatic heterocycles. The number of aromatic nitrogens is 5. The van der Waals surface area contributed by atoms with Gasteiger partial charge in [0.2, 0.25) is 17.7 Å². The smallest absolute Gasteiger partial charge is 0.261 e. The van der Waals surface area contributed by atoms with Crippen LogP contribution < -0.4 is 10.9 Å². The molecule has 0 fully saturated rings. The van der Waals surface area contributed by atoms with Gasteiger partial charge in [-0.1, -0.05) is 26.0 Å². The molecule has 2 aromatic heterocycles. The number of amides is 3. The standard InChI is InChI=1S/C29H40N8O4/c1-19(2)17-24-27-31-21(4)33-37(27)16-15-35(13-8-11-25(38)34(5)20(3)28(40)32-24)26(39)12-14-36-18-30-23-10-7-6-9-22(23)29(36)41/h6-7,9-10,18-20,24H,8,11-17H2,1-5H3,(H,32,40)/t20-,24+/m0/s1. The molecular weight excluding hydrogens is 524 g/mol. The van der Waals surface area contributed by atoms with Crippen molar-refractivity contribution >= 4 is 28.6 Å². The Labute approximate surface area is 239 Å². The monoisotopic (exact) mass is 564 g/mol. The first-order valence-electron chi connectivity index (χ1n) is 14.2. The molecule has 0 aliphatic carbocycles. The topological polar surface area (TPSA) is 135 Å². The Morgan fingerprint density at radius 1 is 1.12 bits per heavy atom. The average Bonchev–Trinajstić information content (AvgIpc) is 3.32. The van der Waals surface area contributed by atoms with E-state index in [9.17, 15) is 19.2 Å². The van der Waals surface area contributed by atoms with Crippen molar-refractivity contribution in [2.75, 3.05) is 20.1 Å². The summed E-state index contributed by atoms with van der Waals surface area (Å²) in [7, 11) is 1.63. The van der Waals surface area contributed by atoms with Crippen LogP contribution in [0.2, 0.25) is 0 Å². The van der Waals surface area contributed by atoms with Crippen molar-refractivity contribution < 1.29 is 14.4 Å². The fraction of sp³-hybridized carbons (Fsp3) is 0.552. The number of benzene rings is 1. The van der Waals surface area contributed by atoms with Crippen molar-refractivity contribution in [3.05, 3.63) is 52.6 Å². The van der Waals surface area contributed by atoms with E-state index in [1.165, 1.54) is 15.8 Å². The second kappa shape index (κ2) is 13.0. The Bertz CT molecular complexity index is 1460. The van der Waals surface area contributed by atoms with E-state index in [1.807, 2.05) is 6.07 Å². The average molecular weight is 565 g/mol. The van der Waals surface area contributed by atoms with Gasteiger partial charge in [-0.2, -0.15) is 5.10 Å². The van der Waals surface area contributed by atoms with Crippen LogP contribution in [0.5, 0.6) is 0 Å². The van der Waals surface area contributed by atoms with Gasteiger partial charge < -0.3 is 15.1 Å². The first-order chi connectivity index (χ1) is 19.5. The number of nitrogens with one attached hydrogen (secondary N) is 1. The molecule has 1 aromatic carbocycles. The van der Waals surface area contributed by atoms with Crippen LogP contribution in [0.3, 0.4) is 0 Å². The van der Waals surface area contributed by atoms with Gasteiger partial charge in [-0.25, -0.2) is 14.6 Å².